The maximum absolute atomic E-state index is 14.5. The number of benzene rings is 3. The van der Waals surface area contributed by atoms with Crippen LogP contribution >= 0.6 is 0 Å². The van der Waals surface area contributed by atoms with Gasteiger partial charge in [0.05, 0.1) is 41.5 Å². The topological polar surface area (TPSA) is 425 Å². The van der Waals surface area contributed by atoms with E-state index in [1.54, 1.807) is 19.3 Å². The fourth-order valence-electron chi connectivity index (χ4n) is 11.8. The number of phenolic OH excluding ortho intramolecular Hbond substituents is 1. The summed E-state index contributed by atoms with van der Waals surface area (Å²) in [5.74, 6) is -4.99. The predicted molar refractivity (Wildman–Crippen MR) is 314 cm³/mol. The fraction of sp³-hybridized carbons (Fsp3) is 0.467. The Balaban J connectivity index is 1.31. The van der Waals surface area contributed by atoms with Crippen molar-refractivity contribution in [3.63, 3.8) is 0 Å². The number of likely N-dealkylation sites (N-methyl/N-ethyl adjacent to an activating group) is 1. The summed E-state index contributed by atoms with van der Waals surface area (Å²) in [5, 5.41) is 117. The number of aliphatic hydroxyl groups excluding tert-OH is 5. The van der Waals surface area contributed by atoms with E-state index >= 15 is 0 Å². The van der Waals surface area contributed by atoms with Crippen molar-refractivity contribution >= 4 is 52.3 Å². The number of aldehydes is 2. The Morgan fingerprint density at radius 1 is 0.989 bits per heavy atom. The van der Waals surface area contributed by atoms with Gasteiger partial charge in [-0.15, -0.1) is 0 Å². The van der Waals surface area contributed by atoms with Crippen molar-refractivity contribution in [3.8, 4) is 33.9 Å². The van der Waals surface area contributed by atoms with E-state index in [0.717, 1.165) is 24.0 Å². The van der Waals surface area contributed by atoms with Crippen molar-refractivity contribution in [1.82, 2.24) is 31.0 Å². The molecule has 0 bridgehead atoms. The van der Waals surface area contributed by atoms with Crippen LogP contribution in [0, 0.1) is 19.8 Å². The number of guanidine groups is 1. The lowest BCUT2D eigenvalue weighted by molar-refractivity contribution is -0.400. The molecule has 27 heteroatoms. The van der Waals surface area contributed by atoms with E-state index in [1.165, 1.54) is 59.7 Å². The van der Waals surface area contributed by atoms with Crippen LogP contribution in [-0.4, -0.2) is 198 Å². The Morgan fingerprint density at radius 2 is 1.72 bits per heavy atom. The molecular formula is C60H76N8O19. The number of aliphatic imine (C=N–C) groups is 1. The molecule has 3 aromatic carbocycles. The van der Waals surface area contributed by atoms with Gasteiger partial charge in [-0.3, -0.25) is 10.1 Å². The zero-order chi connectivity index (χ0) is 62.8. The number of carboxylic acids is 1. The molecular weight excluding hydrogens is 1140 g/mol. The van der Waals surface area contributed by atoms with Gasteiger partial charge in [0.15, 0.2) is 28.7 Å². The molecule has 0 spiro atoms. The number of aromatic amines is 1. The van der Waals surface area contributed by atoms with Crippen LogP contribution in [0.5, 0.6) is 11.5 Å². The molecule has 0 amide bonds. The molecule has 1 saturated carbocycles. The molecule has 1 saturated heterocycles. The molecule has 1 aliphatic carbocycles. The number of carbonyl (C=O) groups excluding carboxylic acids is 3. The van der Waals surface area contributed by atoms with E-state index in [9.17, 15) is 69.9 Å². The summed E-state index contributed by atoms with van der Waals surface area (Å²) in [6.45, 7) is -0.514. The second kappa shape index (κ2) is 28.4. The van der Waals surface area contributed by atoms with Crippen molar-refractivity contribution in [2.45, 2.75) is 125 Å². The zero-order valence-corrected chi connectivity index (χ0v) is 48.2. The number of fused-ring (bicyclic) bond motifs is 2. The molecule has 3 aromatic heterocycles. The van der Waals surface area contributed by atoms with E-state index in [4.69, 9.17) is 29.2 Å². The Bertz CT molecular complexity index is 3430. The zero-order valence-electron chi connectivity index (χ0n) is 48.2. The summed E-state index contributed by atoms with van der Waals surface area (Å²) in [7, 11) is 1.70. The number of aromatic hydroxyl groups is 1. The van der Waals surface area contributed by atoms with Crippen molar-refractivity contribution in [2.24, 2.45) is 16.6 Å². The van der Waals surface area contributed by atoms with Crippen LogP contribution < -0.4 is 42.0 Å². The third kappa shape index (κ3) is 13.8. The number of nitrogens with two attached hydrogens (primary N) is 1. The monoisotopic (exact) mass is 1210 g/mol. The van der Waals surface area contributed by atoms with Crippen LogP contribution in [0.1, 0.15) is 56.1 Å². The van der Waals surface area contributed by atoms with Gasteiger partial charge in [-0.05, 0) is 94.6 Å². The maximum Gasteiger partial charge on any atom is 0.337 e. The highest BCUT2D eigenvalue weighted by Gasteiger charge is 2.75. The molecule has 2 aliphatic rings. The van der Waals surface area contributed by atoms with E-state index in [-0.39, 0.29) is 59.4 Å². The first-order chi connectivity index (χ1) is 41.7. The predicted octanol–water partition coefficient (Wildman–Crippen LogP) is -0.0147. The van der Waals surface area contributed by atoms with Gasteiger partial charge in [0.1, 0.15) is 54.3 Å². The van der Waals surface area contributed by atoms with Crippen molar-refractivity contribution < 1.29 is 88.6 Å². The van der Waals surface area contributed by atoms with Gasteiger partial charge >= 0.3 is 11.9 Å². The molecule has 16 N–H and O–H groups in total. The number of carboxylic acid groups (broad SMARTS) is 1. The third-order valence-corrected chi connectivity index (χ3v) is 16.0. The highest BCUT2D eigenvalue weighted by Crippen LogP contribution is 2.47. The van der Waals surface area contributed by atoms with E-state index < -0.39 is 116 Å². The summed E-state index contributed by atoms with van der Waals surface area (Å²) >= 11 is 0. The number of carbonyl (C=O) groups is 4. The second-order valence-corrected chi connectivity index (χ2v) is 22.1. The van der Waals surface area contributed by atoms with Gasteiger partial charge in [0.2, 0.25) is 24.2 Å². The number of ether oxygens (including phenoxy) is 3. The first-order valence-electron chi connectivity index (χ1n) is 28.5. The highest BCUT2D eigenvalue weighted by molar-refractivity contribution is 5.98. The number of esters is 1. The molecule has 0 radical (unpaired) electrons. The van der Waals surface area contributed by atoms with Crippen LogP contribution in [-0.2, 0) is 28.7 Å². The number of hydrogen-bond donors (Lipinski definition) is 15. The third-order valence-electron chi connectivity index (χ3n) is 16.0. The van der Waals surface area contributed by atoms with Crippen LogP contribution in [0.25, 0.3) is 44.3 Å². The minimum Gasteiger partial charge on any atom is -0.508 e. The Morgan fingerprint density at radius 3 is 2.39 bits per heavy atom. The number of rotatable bonds is 29. The Hall–Kier alpha value is -7.80. The van der Waals surface area contributed by atoms with Gasteiger partial charge < -0.3 is 106 Å². The molecule has 470 valence electrons. The van der Waals surface area contributed by atoms with Gasteiger partial charge in [0.25, 0.3) is 0 Å². The van der Waals surface area contributed by atoms with Gasteiger partial charge in [-0.1, -0.05) is 42.2 Å². The van der Waals surface area contributed by atoms with E-state index in [0.29, 0.717) is 59.7 Å². The van der Waals surface area contributed by atoms with E-state index in [1.807, 2.05) is 32.0 Å². The molecule has 12 atom stereocenters. The Kier molecular flexibility index (Phi) is 21.2. The first kappa shape index (κ1) is 65.2. The smallest absolute Gasteiger partial charge is 0.337 e. The number of aliphatic hydroxyl groups is 7. The minimum atomic E-state index is -3.54. The van der Waals surface area contributed by atoms with Crippen molar-refractivity contribution in [3.05, 3.63) is 107 Å². The highest BCUT2D eigenvalue weighted by atomic mass is 16.8. The summed E-state index contributed by atoms with van der Waals surface area (Å²) in [5.41, 5.74) is -0.710. The fourth-order valence-corrected chi connectivity index (χ4v) is 11.8. The summed E-state index contributed by atoms with van der Waals surface area (Å²) < 4.78 is 26.3. The summed E-state index contributed by atoms with van der Waals surface area (Å²) in [6, 6.07) is 12.9. The molecule has 6 aromatic rings. The number of H-pyrrole nitrogens is 1. The number of aryl methyl sites for hydroxylation is 2. The summed E-state index contributed by atoms with van der Waals surface area (Å²) in [4.78, 5) is 79.8. The number of phenols is 1. The largest absolute Gasteiger partial charge is 0.508 e. The maximum atomic E-state index is 14.5. The average molecular weight is 1210 g/mol. The van der Waals surface area contributed by atoms with Gasteiger partial charge in [-0.2, -0.15) is 4.73 Å². The molecule has 4 heterocycles. The van der Waals surface area contributed by atoms with Crippen LogP contribution in [0.15, 0.2) is 99.6 Å². The lowest BCUT2D eigenvalue weighted by Crippen LogP contribution is -2.86. The first-order valence-corrected chi connectivity index (χ1v) is 28.5. The second-order valence-electron chi connectivity index (χ2n) is 22.1. The number of aliphatic carboxylic acids is 1. The molecule has 0 unspecified atom stereocenters. The van der Waals surface area contributed by atoms with Crippen molar-refractivity contribution in [1.29, 1.82) is 0 Å². The molecule has 1 aliphatic heterocycles. The number of hydrogen-bond acceptors (Lipinski definition) is 22. The molecule has 27 nitrogen and oxygen atoms in total. The number of nitrogens with zero attached hydrogens (tertiary/aromatic N) is 2. The molecule has 8 rings (SSSR count). The molecule has 87 heavy (non-hydrogen) atoms. The van der Waals surface area contributed by atoms with Gasteiger partial charge in [0, 0.05) is 67.8 Å². The standard InChI is InChI=1S/C60H76N8O19/c1-33-22-34(2)24-37(23-33)50-48-36(17-19-64-48)28-68(50)87-52-55(84-40-15-16-42-46(25-40)83-30-43(51(42)77)35-11-13-39(74)14-12-35)85-56(58(81,31-72)60(52,82)47(76)10-6-20-69)59(32-73,86-54(80)49(53(78)79)63-18-7-21-70)67-57(61)66-38(29-71)26-65-44-9-5-4-8-41(44)45(75)27-62-3/h11-17,19,21-25,28-30,38,41,44-45,47,49,52,55-56,62-65,69,72-76,81-82H,4-10,18,20,26-27,31-32H2,1-3H3,(H,78,79)(H3,61,66,67)/t38-,41+,44+,45+,47-,49-,52-,55+,56-,58+,59+,60+/m1/s1. The Labute approximate surface area is 498 Å². The van der Waals surface area contributed by atoms with Gasteiger partial charge in [-0.25, -0.2) is 14.6 Å². The number of aromatic nitrogens is 2. The van der Waals surface area contributed by atoms with Crippen LogP contribution in [0.2, 0.25) is 0 Å². The summed E-state index contributed by atoms with van der Waals surface area (Å²) in [6.07, 6.45) is -3.46. The van der Waals surface area contributed by atoms with Crippen LogP contribution in [0.3, 0.4) is 0 Å². The van der Waals surface area contributed by atoms with Crippen molar-refractivity contribution in [2.75, 3.05) is 46.5 Å². The van der Waals surface area contributed by atoms with E-state index in [2.05, 4.69) is 31.2 Å². The lowest BCUT2D eigenvalue weighted by atomic mass is 9.66. The minimum absolute atomic E-state index is 0.0305. The average Bonchev–Trinajstić information content (AvgIpc) is 0.866. The quantitative estimate of drug-likeness (QED) is 0.00558. The lowest BCUT2D eigenvalue weighted by Gasteiger charge is -2.59. The SMILES string of the molecule is CNC[C@H](O)[C@H]1CCCC[C@@H]1NC[C@H](C=O)N=C(N)N[C@@](CO)(OC(=O)[C@H](NCCC=O)C(=O)O)[C@@H]1O[C@H](Oc2ccc3c(=O)c(-c4ccc(O)cc4)coc3c2)[C@@H](On2cc3cc[nH]c3c2-c2cc(C)cc(C)c2)[C@@](O)([C@H](O)CCCO)[C@]1(O)CO. The van der Waals surface area contributed by atoms with Crippen LogP contribution in [0.4, 0.5) is 0 Å². The molecule has 2 fully saturated rings. The number of nitrogens with one attached hydrogen (secondary N) is 5. The normalized spacial score (nSPS) is 23.7.